The molecule has 0 aromatic carbocycles. The Labute approximate surface area is 71.9 Å². The van der Waals surface area contributed by atoms with Crippen LogP contribution >= 0.6 is 0 Å². The van der Waals surface area contributed by atoms with Crippen LogP contribution in [0.3, 0.4) is 0 Å². The van der Waals surface area contributed by atoms with Crippen molar-refractivity contribution in [3.05, 3.63) is 35.9 Å². The van der Waals surface area contributed by atoms with Gasteiger partial charge in [-0.2, -0.15) is 0 Å². The van der Waals surface area contributed by atoms with Crippen LogP contribution in [0.5, 0.6) is 0 Å². The zero-order valence-electron chi connectivity index (χ0n) is 7.41. The lowest BCUT2D eigenvalue weighted by Crippen LogP contribution is -1.96. The number of aryl methyl sites for hydroxylation is 2. The molecule has 0 spiro atoms. The fourth-order valence-electron chi connectivity index (χ4n) is 1.56. The van der Waals surface area contributed by atoms with Crippen LogP contribution in [-0.2, 0) is 6.42 Å². The van der Waals surface area contributed by atoms with Crippen LogP contribution in [0.1, 0.15) is 18.4 Å². The van der Waals surface area contributed by atoms with E-state index in [-0.39, 0.29) is 0 Å². The molecule has 62 valence electrons. The molecule has 0 bridgehead atoms. The molecule has 12 heavy (non-hydrogen) atoms. The average molecular weight is 160 g/mol. The molecule has 0 atom stereocenters. The maximum atomic E-state index is 4.27. The molecule has 0 unspecified atom stereocenters. The first-order valence-electron chi connectivity index (χ1n) is 4.25. The topological polar surface area (TPSA) is 17.3 Å². The third kappa shape index (κ3) is 0.916. The van der Waals surface area contributed by atoms with Gasteiger partial charge < -0.3 is 4.40 Å². The monoisotopic (exact) mass is 160 g/mol. The fourth-order valence-corrected chi connectivity index (χ4v) is 1.56. The van der Waals surface area contributed by atoms with Gasteiger partial charge in [-0.15, -0.1) is 0 Å². The summed E-state index contributed by atoms with van der Waals surface area (Å²) < 4.78 is 2.19. The predicted octanol–water partition coefficient (Wildman–Crippen LogP) is 2.21. The van der Waals surface area contributed by atoms with Crippen molar-refractivity contribution >= 4 is 5.52 Å². The number of hydrogen-bond donors (Lipinski definition) is 0. The lowest BCUT2D eigenvalue weighted by Gasteiger charge is -2.03. The Hall–Kier alpha value is -1.31. The lowest BCUT2D eigenvalue weighted by atomic mass is 10.3. The van der Waals surface area contributed by atoms with Crippen molar-refractivity contribution in [1.29, 1.82) is 0 Å². The summed E-state index contributed by atoms with van der Waals surface area (Å²) >= 11 is 0. The van der Waals surface area contributed by atoms with Crippen molar-refractivity contribution in [2.24, 2.45) is 0 Å². The molecular formula is C10H12N2. The lowest BCUT2D eigenvalue weighted by molar-refractivity contribution is 0.930. The normalized spacial score (nSPS) is 10.8. The molecule has 0 N–H and O–H groups in total. The summed E-state index contributed by atoms with van der Waals surface area (Å²) in [5, 5.41) is 0. The van der Waals surface area contributed by atoms with E-state index in [0.717, 1.165) is 12.2 Å². The van der Waals surface area contributed by atoms with Gasteiger partial charge in [0.05, 0.1) is 11.7 Å². The molecule has 0 saturated heterocycles. The van der Waals surface area contributed by atoms with Gasteiger partial charge in [0, 0.05) is 5.69 Å². The van der Waals surface area contributed by atoms with Crippen LogP contribution < -0.4 is 0 Å². The van der Waals surface area contributed by atoms with Crippen LogP contribution in [0.25, 0.3) is 5.52 Å². The number of nitrogens with zero attached hydrogens (tertiary/aromatic N) is 2. The smallest absolute Gasteiger partial charge is 0.110 e. The average Bonchev–Trinajstić information content (AvgIpc) is 2.48. The molecule has 2 aromatic rings. The maximum absolute atomic E-state index is 4.27. The highest BCUT2D eigenvalue weighted by Gasteiger charge is 2.00. The van der Waals surface area contributed by atoms with Crippen molar-refractivity contribution < 1.29 is 0 Å². The van der Waals surface area contributed by atoms with Gasteiger partial charge in [0.1, 0.15) is 5.82 Å². The highest BCUT2D eigenvalue weighted by molar-refractivity contribution is 5.47. The Morgan fingerprint density at radius 3 is 3.00 bits per heavy atom. The number of aromatic nitrogens is 2. The van der Waals surface area contributed by atoms with E-state index in [1.165, 1.54) is 11.2 Å². The second-order valence-corrected chi connectivity index (χ2v) is 2.94. The van der Waals surface area contributed by atoms with Crippen LogP contribution in [0, 0.1) is 6.92 Å². The van der Waals surface area contributed by atoms with E-state index in [4.69, 9.17) is 0 Å². The number of imidazole rings is 1. The Kier molecular flexibility index (Phi) is 1.61. The number of hydrogen-bond acceptors (Lipinski definition) is 1. The fraction of sp³-hybridized carbons (Fsp3) is 0.300. The van der Waals surface area contributed by atoms with Crippen molar-refractivity contribution in [1.82, 2.24) is 9.38 Å². The van der Waals surface area contributed by atoms with Crippen LogP contribution in [-0.4, -0.2) is 9.38 Å². The molecule has 0 aliphatic rings. The zero-order valence-corrected chi connectivity index (χ0v) is 7.41. The minimum absolute atomic E-state index is 1.05. The Balaban J connectivity index is 2.84. The molecule has 0 aliphatic carbocycles. The van der Waals surface area contributed by atoms with E-state index in [1.807, 2.05) is 13.1 Å². The van der Waals surface area contributed by atoms with Crippen LogP contribution in [0.2, 0.25) is 0 Å². The summed E-state index contributed by atoms with van der Waals surface area (Å²) in [6.45, 7) is 4.19. The zero-order chi connectivity index (χ0) is 8.55. The second-order valence-electron chi connectivity index (χ2n) is 2.94. The number of fused-ring (bicyclic) bond motifs is 1. The summed E-state index contributed by atoms with van der Waals surface area (Å²) in [6.07, 6.45) is 2.96. The SMILES string of the molecule is CCc1cccc2cnc(C)n12. The molecule has 0 radical (unpaired) electrons. The standard InChI is InChI=1S/C10H12N2/c1-3-9-5-4-6-10-7-11-8(2)12(9)10/h4-7H,3H2,1-2H3. The summed E-state index contributed by atoms with van der Waals surface area (Å²) in [5.74, 6) is 1.07. The van der Waals surface area contributed by atoms with Gasteiger partial charge in [0.2, 0.25) is 0 Å². The van der Waals surface area contributed by atoms with Crippen LogP contribution in [0.15, 0.2) is 24.4 Å². The molecule has 2 aromatic heterocycles. The van der Waals surface area contributed by atoms with Gasteiger partial charge in [0.15, 0.2) is 0 Å². The predicted molar refractivity (Wildman–Crippen MR) is 49.3 cm³/mol. The Morgan fingerprint density at radius 1 is 1.42 bits per heavy atom. The van der Waals surface area contributed by atoms with Gasteiger partial charge in [-0.3, -0.25) is 0 Å². The molecule has 0 amide bonds. The van der Waals surface area contributed by atoms with E-state index >= 15 is 0 Å². The molecular weight excluding hydrogens is 148 g/mol. The van der Waals surface area contributed by atoms with E-state index < -0.39 is 0 Å². The molecule has 2 heteroatoms. The Bertz CT molecular complexity index is 401. The van der Waals surface area contributed by atoms with E-state index in [2.05, 4.69) is 34.5 Å². The number of rotatable bonds is 1. The van der Waals surface area contributed by atoms with E-state index in [0.29, 0.717) is 0 Å². The number of pyridine rings is 1. The first kappa shape index (κ1) is 7.35. The maximum Gasteiger partial charge on any atom is 0.110 e. The van der Waals surface area contributed by atoms with Crippen molar-refractivity contribution in [3.63, 3.8) is 0 Å². The van der Waals surface area contributed by atoms with Crippen LogP contribution in [0.4, 0.5) is 0 Å². The molecule has 2 heterocycles. The molecule has 2 nitrogen and oxygen atoms in total. The van der Waals surface area contributed by atoms with Crippen molar-refractivity contribution in [3.8, 4) is 0 Å². The third-order valence-electron chi connectivity index (χ3n) is 2.17. The van der Waals surface area contributed by atoms with Gasteiger partial charge in [-0.05, 0) is 25.5 Å². The van der Waals surface area contributed by atoms with Gasteiger partial charge in [-0.25, -0.2) is 4.98 Å². The van der Waals surface area contributed by atoms with Crippen molar-refractivity contribution in [2.75, 3.05) is 0 Å². The van der Waals surface area contributed by atoms with Gasteiger partial charge in [-0.1, -0.05) is 13.0 Å². The Morgan fingerprint density at radius 2 is 2.25 bits per heavy atom. The summed E-state index contributed by atoms with van der Waals surface area (Å²) in [7, 11) is 0. The molecule has 0 fully saturated rings. The quantitative estimate of drug-likeness (QED) is 0.625. The van der Waals surface area contributed by atoms with E-state index in [9.17, 15) is 0 Å². The first-order chi connectivity index (χ1) is 5.83. The minimum atomic E-state index is 1.05. The van der Waals surface area contributed by atoms with Gasteiger partial charge in [0.25, 0.3) is 0 Å². The summed E-state index contributed by atoms with van der Waals surface area (Å²) in [5.41, 5.74) is 2.51. The second kappa shape index (κ2) is 2.63. The molecule has 2 rings (SSSR count). The largest absolute Gasteiger partial charge is 0.301 e. The van der Waals surface area contributed by atoms with Crippen molar-refractivity contribution in [2.45, 2.75) is 20.3 Å². The van der Waals surface area contributed by atoms with Gasteiger partial charge >= 0.3 is 0 Å². The van der Waals surface area contributed by atoms with E-state index in [1.54, 1.807) is 0 Å². The highest BCUT2D eigenvalue weighted by Crippen LogP contribution is 2.10. The highest BCUT2D eigenvalue weighted by atomic mass is 15.0. The molecule has 0 aliphatic heterocycles. The molecule has 0 saturated carbocycles. The minimum Gasteiger partial charge on any atom is -0.301 e. The summed E-state index contributed by atoms with van der Waals surface area (Å²) in [6, 6.07) is 6.30. The first-order valence-corrected chi connectivity index (χ1v) is 4.25. The summed E-state index contributed by atoms with van der Waals surface area (Å²) in [4.78, 5) is 4.27. The third-order valence-corrected chi connectivity index (χ3v) is 2.17.